The van der Waals surface area contributed by atoms with E-state index in [4.69, 9.17) is 5.73 Å². The average molecular weight is 468 g/mol. The molecule has 1 atom stereocenters. The third kappa shape index (κ3) is 4.62. The Hall–Kier alpha value is -4.17. The van der Waals surface area contributed by atoms with Gasteiger partial charge >= 0.3 is 0 Å². The molecular formula is C26H21N5O2S. The molecule has 8 heteroatoms. The van der Waals surface area contributed by atoms with Crippen molar-refractivity contribution in [3.63, 3.8) is 0 Å². The lowest BCUT2D eigenvalue weighted by Gasteiger charge is -2.15. The first-order valence-corrected chi connectivity index (χ1v) is 11.7. The van der Waals surface area contributed by atoms with Crippen LogP contribution in [0.15, 0.2) is 90.1 Å². The second-order valence-electron chi connectivity index (χ2n) is 7.80. The first kappa shape index (κ1) is 21.7. The van der Waals surface area contributed by atoms with E-state index < -0.39 is 11.9 Å². The van der Waals surface area contributed by atoms with Crippen LogP contribution in [0.25, 0.3) is 33.2 Å². The molecule has 0 saturated heterocycles. The number of nitrogens with zero attached hydrogens (tertiary/aromatic N) is 2. The van der Waals surface area contributed by atoms with Gasteiger partial charge < -0.3 is 16.0 Å². The Bertz CT molecular complexity index is 1500. The quantitative estimate of drug-likeness (QED) is 0.311. The van der Waals surface area contributed by atoms with E-state index in [1.807, 2.05) is 48.5 Å². The monoisotopic (exact) mass is 467 g/mol. The molecule has 2 heterocycles. The van der Waals surface area contributed by atoms with Gasteiger partial charge in [-0.25, -0.2) is 4.98 Å². The van der Waals surface area contributed by atoms with Crippen LogP contribution in [0.1, 0.15) is 10.4 Å². The minimum absolute atomic E-state index is 0.331. The lowest BCUT2D eigenvalue weighted by Crippen LogP contribution is -2.46. The molecule has 0 spiro atoms. The molecule has 7 nitrogen and oxygen atoms in total. The Morgan fingerprint density at radius 1 is 0.971 bits per heavy atom. The molecule has 34 heavy (non-hydrogen) atoms. The molecule has 0 fully saturated rings. The van der Waals surface area contributed by atoms with Crippen molar-refractivity contribution in [3.05, 3.63) is 90.8 Å². The van der Waals surface area contributed by atoms with Crippen molar-refractivity contribution in [2.45, 2.75) is 10.9 Å². The Balaban J connectivity index is 1.30. The molecule has 5 aromatic rings. The normalized spacial score (nSPS) is 12.0. The SMILES string of the molecule is NC(=O)C(CSc1ccc2ccccc2c1)NC(=O)c1ccc2nc(-c3ccncc3)[nH]c2c1. The number of primary amides is 1. The number of rotatable bonds is 7. The van der Waals surface area contributed by atoms with E-state index >= 15 is 0 Å². The number of hydrogen-bond donors (Lipinski definition) is 3. The number of benzene rings is 3. The third-order valence-electron chi connectivity index (χ3n) is 5.48. The molecular weight excluding hydrogens is 446 g/mol. The second-order valence-corrected chi connectivity index (χ2v) is 8.90. The molecule has 0 bridgehead atoms. The van der Waals surface area contributed by atoms with Crippen LogP contribution in [-0.2, 0) is 4.79 Å². The first-order chi connectivity index (χ1) is 16.6. The van der Waals surface area contributed by atoms with Gasteiger partial charge in [0.15, 0.2) is 0 Å². The first-order valence-electron chi connectivity index (χ1n) is 10.7. The van der Waals surface area contributed by atoms with Crippen molar-refractivity contribution in [1.29, 1.82) is 0 Å². The van der Waals surface area contributed by atoms with Crippen molar-refractivity contribution in [3.8, 4) is 11.4 Å². The number of H-pyrrole nitrogens is 1. The van der Waals surface area contributed by atoms with Crippen LogP contribution >= 0.6 is 11.8 Å². The largest absolute Gasteiger partial charge is 0.368 e. The summed E-state index contributed by atoms with van der Waals surface area (Å²) < 4.78 is 0. The van der Waals surface area contributed by atoms with Crippen molar-refractivity contribution >= 4 is 45.4 Å². The fraction of sp³-hybridized carbons (Fsp3) is 0.0769. The molecule has 4 N–H and O–H groups in total. The van der Waals surface area contributed by atoms with Gasteiger partial charge in [-0.2, -0.15) is 0 Å². The Morgan fingerprint density at radius 3 is 2.56 bits per heavy atom. The Kier molecular flexibility index (Phi) is 5.97. The fourth-order valence-corrected chi connectivity index (χ4v) is 4.65. The summed E-state index contributed by atoms with van der Waals surface area (Å²) in [5.74, 6) is 0.0728. The van der Waals surface area contributed by atoms with Gasteiger partial charge in [-0.3, -0.25) is 14.6 Å². The highest BCUT2D eigenvalue weighted by Gasteiger charge is 2.20. The third-order valence-corrected chi connectivity index (χ3v) is 6.57. The maximum atomic E-state index is 12.9. The zero-order valence-corrected chi connectivity index (χ0v) is 18.9. The second kappa shape index (κ2) is 9.36. The number of nitrogens with two attached hydrogens (primary N) is 1. The number of aromatic amines is 1. The van der Waals surface area contributed by atoms with Gasteiger partial charge in [0.25, 0.3) is 5.91 Å². The minimum Gasteiger partial charge on any atom is -0.368 e. The number of thioether (sulfide) groups is 1. The minimum atomic E-state index is -0.811. The number of imidazole rings is 1. The molecule has 0 aliphatic rings. The fourth-order valence-electron chi connectivity index (χ4n) is 3.67. The number of carbonyl (C=O) groups is 2. The standard InChI is InChI=1S/C26H21N5O2S/c27-24(32)23(15-34-20-7-5-16-3-1-2-4-18(16)13-20)31-26(33)19-6-8-21-22(14-19)30-25(29-21)17-9-11-28-12-10-17/h1-14,23H,15H2,(H2,27,32)(H,29,30)(H,31,33). The zero-order chi connectivity index (χ0) is 23.5. The maximum Gasteiger partial charge on any atom is 0.252 e. The van der Waals surface area contributed by atoms with E-state index in [0.29, 0.717) is 17.1 Å². The summed E-state index contributed by atoms with van der Waals surface area (Å²) in [6.45, 7) is 0. The number of fused-ring (bicyclic) bond motifs is 2. The highest BCUT2D eigenvalue weighted by Crippen LogP contribution is 2.25. The molecule has 0 aliphatic carbocycles. The Morgan fingerprint density at radius 2 is 1.76 bits per heavy atom. The molecule has 1 unspecified atom stereocenters. The van der Waals surface area contributed by atoms with Crippen LogP contribution in [-0.4, -0.2) is 38.6 Å². The summed E-state index contributed by atoms with van der Waals surface area (Å²) in [7, 11) is 0. The summed E-state index contributed by atoms with van der Waals surface area (Å²) in [4.78, 5) is 37.8. The number of carbonyl (C=O) groups excluding carboxylic acids is 2. The van der Waals surface area contributed by atoms with E-state index in [1.165, 1.54) is 11.8 Å². The zero-order valence-electron chi connectivity index (χ0n) is 18.1. The molecule has 2 aromatic heterocycles. The van der Waals surface area contributed by atoms with Gasteiger partial charge in [-0.05, 0) is 53.2 Å². The van der Waals surface area contributed by atoms with Gasteiger partial charge in [0.2, 0.25) is 5.91 Å². The summed E-state index contributed by atoms with van der Waals surface area (Å²) in [6.07, 6.45) is 3.39. The van der Waals surface area contributed by atoms with Gasteiger partial charge in [0.05, 0.1) is 11.0 Å². The molecule has 2 amide bonds. The van der Waals surface area contributed by atoms with Crippen molar-refractivity contribution in [2.24, 2.45) is 5.73 Å². The van der Waals surface area contributed by atoms with Crippen molar-refractivity contribution in [2.75, 3.05) is 5.75 Å². The van der Waals surface area contributed by atoms with Gasteiger partial charge in [-0.1, -0.05) is 30.3 Å². The number of pyridine rings is 1. The van der Waals surface area contributed by atoms with Crippen molar-refractivity contribution in [1.82, 2.24) is 20.3 Å². The van der Waals surface area contributed by atoms with Crippen LogP contribution in [0.4, 0.5) is 0 Å². The molecule has 0 radical (unpaired) electrons. The van der Waals surface area contributed by atoms with Crippen LogP contribution < -0.4 is 11.1 Å². The molecule has 0 aliphatic heterocycles. The van der Waals surface area contributed by atoms with E-state index in [0.717, 1.165) is 32.3 Å². The molecule has 3 aromatic carbocycles. The van der Waals surface area contributed by atoms with Gasteiger partial charge in [0.1, 0.15) is 11.9 Å². The van der Waals surface area contributed by atoms with E-state index in [-0.39, 0.29) is 5.91 Å². The summed E-state index contributed by atoms with van der Waals surface area (Å²) in [5, 5.41) is 5.03. The number of aromatic nitrogens is 3. The maximum absolute atomic E-state index is 12.9. The molecule has 0 saturated carbocycles. The van der Waals surface area contributed by atoms with Crippen LogP contribution in [0, 0.1) is 0 Å². The van der Waals surface area contributed by atoms with Gasteiger partial charge in [0, 0.05) is 34.2 Å². The summed E-state index contributed by atoms with van der Waals surface area (Å²) >= 11 is 1.48. The lowest BCUT2D eigenvalue weighted by molar-refractivity contribution is -0.119. The molecule has 168 valence electrons. The summed E-state index contributed by atoms with van der Waals surface area (Å²) in [5.41, 5.74) is 8.36. The van der Waals surface area contributed by atoms with E-state index in [1.54, 1.807) is 30.6 Å². The average Bonchev–Trinajstić information content (AvgIpc) is 3.30. The smallest absolute Gasteiger partial charge is 0.252 e. The summed E-state index contributed by atoms with van der Waals surface area (Å²) in [6, 6.07) is 22.2. The van der Waals surface area contributed by atoms with Crippen molar-refractivity contribution < 1.29 is 9.59 Å². The van der Waals surface area contributed by atoms with E-state index in [2.05, 4.69) is 26.3 Å². The van der Waals surface area contributed by atoms with Crippen LogP contribution in [0.5, 0.6) is 0 Å². The lowest BCUT2D eigenvalue weighted by atomic mass is 10.1. The predicted molar refractivity (Wildman–Crippen MR) is 134 cm³/mol. The van der Waals surface area contributed by atoms with Crippen LogP contribution in [0.2, 0.25) is 0 Å². The highest BCUT2D eigenvalue weighted by molar-refractivity contribution is 7.99. The van der Waals surface area contributed by atoms with E-state index in [9.17, 15) is 9.59 Å². The number of hydrogen-bond acceptors (Lipinski definition) is 5. The number of amides is 2. The van der Waals surface area contributed by atoms with Gasteiger partial charge in [-0.15, -0.1) is 11.8 Å². The number of nitrogens with one attached hydrogen (secondary N) is 2. The van der Waals surface area contributed by atoms with Crippen LogP contribution in [0.3, 0.4) is 0 Å². The highest BCUT2D eigenvalue weighted by atomic mass is 32.2. The topological polar surface area (TPSA) is 114 Å². The Labute approximate surface area is 199 Å². The predicted octanol–water partition coefficient (Wildman–Crippen LogP) is 4.15. The molecule has 5 rings (SSSR count).